The average molecular weight is 304 g/mol. The third-order valence-corrected chi connectivity index (χ3v) is 3.80. The lowest BCUT2D eigenvalue weighted by Crippen LogP contribution is -2.21. The fraction of sp³-hybridized carbons (Fsp3) is 0.235. The van der Waals surface area contributed by atoms with Gasteiger partial charge in [0.1, 0.15) is 5.38 Å². The molecule has 0 saturated heterocycles. The molecule has 0 aliphatic heterocycles. The Morgan fingerprint density at radius 2 is 1.76 bits per heavy atom. The van der Waals surface area contributed by atoms with E-state index in [1.54, 1.807) is 12.1 Å². The molecule has 0 spiro atoms. The van der Waals surface area contributed by atoms with Gasteiger partial charge in [0.05, 0.1) is 6.61 Å². The van der Waals surface area contributed by atoms with Gasteiger partial charge in [-0.1, -0.05) is 30.3 Å². The van der Waals surface area contributed by atoms with Crippen LogP contribution >= 0.6 is 11.6 Å². The Morgan fingerprint density at radius 1 is 1.14 bits per heavy atom. The number of benzene rings is 2. The molecule has 1 atom stereocenters. The molecular weight excluding hydrogens is 286 g/mol. The molecule has 0 aliphatic carbocycles. The van der Waals surface area contributed by atoms with Crippen LogP contribution in [0.5, 0.6) is 0 Å². The summed E-state index contributed by atoms with van der Waals surface area (Å²) in [6.45, 7) is 0.643. The lowest BCUT2D eigenvalue weighted by Gasteiger charge is -2.18. The molecule has 0 bridgehead atoms. The van der Waals surface area contributed by atoms with Gasteiger partial charge in [0, 0.05) is 24.8 Å². The summed E-state index contributed by atoms with van der Waals surface area (Å²) < 4.78 is 0. The van der Waals surface area contributed by atoms with Crippen LogP contribution < -0.4 is 4.90 Å². The fourth-order valence-corrected chi connectivity index (χ4v) is 2.35. The smallest absolute Gasteiger partial charge is 0.185 e. The fourth-order valence-electron chi connectivity index (χ4n) is 2.08. The SMILES string of the molecule is CN(CCO)c1ccc(C(=O)C(Cl)c2ccccc2)cc1. The second kappa shape index (κ2) is 7.25. The standard InChI is InChI=1S/C17H18ClNO2/c1-19(11-12-20)15-9-7-14(8-10-15)17(21)16(18)13-5-3-2-4-6-13/h2-10,16,20H,11-12H2,1H3. The molecule has 1 N–H and O–H groups in total. The van der Waals surface area contributed by atoms with E-state index in [-0.39, 0.29) is 12.4 Å². The lowest BCUT2D eigenvalue weighted by atomic mass is 10.0. The van der Waals surface area contributed by atoms with E-state index in [0.29, 0.717) is 12.1 Å². The number of carbonyl (C=O) groups is 1. The number of carbonyl (C=O) groups excluding carboxylic acids is 1. The minimum atomic E-state index is -0.674. The molecule has 21 heavy (non-hydrogen) atoms. The number of likely N-dealkylation sites (N-methyl/N-ethyl adjacent to an activating group) is 1. The van der Waals surface area contributed by atoms with E-state index in [1.165, 1.54) is 0 Å². The van der Waals surface area contributed by atoms with Crippen molar-refractivity contribution in [2.24, 2.45) is 0 Å². The number of rotatable bonds is 6. The summed E-state index contributed by atoms with van der Waals surface area (Å²) >= 11 is 6.25. The Morgan fingerprint density at radius 3 is 2.33 bits per heavy atom. The molecular formula is C17H18ClNO2. The first-order chi connectivity index (χ1) is 10.1. The number of halogens is 1. The second-order valence-electron chi connectivity index (χ2n) is 4.83. The largest absolute Gasteiger partial charge is 0.395 e. The average Bonchev–Trinajstić information content (AvgIpc) is 2.54. The number of alkyl halides is 1. The van der Waals surface area contributed by atoms with E-state index < -0.39 is 5.38 Å². The predicted molar refractivity (Wildman–Crippen MR) is 86.2 cm³/mol. The van der Waals surface area contributed by atoms with Crippen LogP contribution in [0.2, 0.25) is 0 Å². The van der Waals surface area contributed by atoms with Gasteiger partial charge in [0.25, 0.3) is 0 Å². The Kier molecular flexibility index (Phi) is 5.37. The van der Waals surface area contributed by atoms with E-state index in [0.717, 1.165) is 11.3 Å². The maximum atomic E-state index is 12.4. The molecule has 0 amide bonds. The van der Waals surface area contributed by atoms with Crippen molar-refractivity contribution in [1.29, 1.82) is 0 Å². The molecule has 3 nitrogen and oxygen atoms in total. The van der Waals surface area contributed by atoms with Gasteiger partial charge in [-0.3, -0.25) is 4.79 Å². The number of hydrogen-bond acceptors (Lipinski definition) is 3. The quantitative estimate of drug-likeness (QED) is 0.657. The molecule has 110 valence electrons. The summed E-state index contributed by atoms with van der Waals surface area (Å²) in [6, 6.07) is 16.6. The third-order valence-electron chi connectivity index (χ3n) is 3.35. The molecule has 0 fully saturated rings. The van der Waals surface area contributed by atoms with Crippen molar-refractivity contribution in [2.45, 2.75) is 5.38 Å². The normalized spacial score (nSPS) is 12.0. The highest BCUT2D eigenvalue weighted by molar-refractivity contribution is 6.33. The van der Waals surface area contributed by atoms with Crippen molar-refractivity contribution >= 4 is 23.1 Å². The Balaban J connectivity index is 2.13. The van der Waals surface area contributed by atoms with Crippen LogP contribution in [0.25, 0.3) is 0 Å². The monoisotopic (exact) mass is 303 g/mol. The number of Topliss-reactive ketones (excluding diaryl/α,β-unsaturated/α-hetero) is 1. The van der Waals surface area contributed by atoms with Gasteiger partial charge in [-0.05, 0) is 29.8 Å². The van der Waals surface area contributed by atoms with Gasteiger partial charge >= 0.3 is 0 Å². The Bertz CT molecular complexity index is 583. The van der Waals surface area contributed by atoms with Crippen LogP contribution in [-0.4, -0.2) is 31.1 Å². The first kappa shape index (κ1) is 15.5. The van der Waals surface area contributed by atoms with Crippen LogP contribution in [0.3, 0.4) is 0 Å². The molecule has 2 aromatic carbocycles. The molecule has 2 rings (SSSR count). The number of anilines is 1. The van der Waals surface area contributed by atoms with Gasteiger partial charge in [0.2, 0.25) is 0 Å². The van der Waals surface area contributed by atoms with E-state index in [1.807, 2.05) is 54.4 Å². The van der Waals surface area contributed by atoms with Crippen LogP contribution in [0.15, 0.2) is 54.6 Å². The number of aliphatic hydroxyl groups is 1. The van der Waals surface area contributed by atoms with E-state index in [9.17, 15) is 4.79 Å². The summed E-state index contributed by atoms with van der Waals surface area (Å²) in [4.78, 5) is 14.3. The summed E-state index contributed by atoms with van der Waals surface area (Å²) in [5.41, 5.74) is 2.33. The number of ketones is 1. The minimum absolute atomic E-state index is 0.0922. The molecule has 2 aromatic rings. The van der Waals surface area contributed by atoms with Gasteiger partial charge < -0.3 is 10.0 Å². The van der Waals surface area contributed by atoms with Crippen LogP contribution in [-0.2, 0) is 0 Å². The molecule has 4 heteroatoms. The van der Waals surface area contributed by atoms with E-state index in [2.05, 4.69) is 0 Å². The Labute approximate surface area is 129 Å². The van der Waals surface area contributed by atoms with E-state index in [4.69, 9.17) is 16.7 Å². The van der Waals surface area contributed by atoms with Crippen molar-refractivity contribution in [3.8, 4) is 0 Å². The molecule has 0 radical (unpaired) electrons. The van der Waals surface area contributed by atoms with Crippen molar-refractivity contribution < 1.29 is 9.90 Å². The van der Waals surface area contributed by atoms with Crippen molar-refractivity contribution in [2.75, 3.05) is 25.1 Å². The number of nitrogens with zero attached hydrogens (tertiary/aromatic N) is 1. The van der Waals surface area contributed by atoms with Gasteiger partial charge in [-0.25, -0.2) is 0 Å². The first-order valence-electron chi connectivity index (χ1n) is 6.79. The maximum absolute atomic E-state index is 12.4. The summed E-state index contributed by atoms with van der Waals surface area (Å²) in [5.74, 6) is -0.112. The summed E-state index contributed by atoms with van der Waals surface area (Å²) in [6.07, 6.45) is 0. The molecule has 0 saturated carbocycles. The van der Waals surface area contributed by atoms with Crippen molar-refractivity contribution in [3.05, 3.63) is 65.7 Å². The summed E-state index contributed by atoms with van der Waals surface area (Å²) in [5, 5.41) is 8.25. The second-order valence-corrected chi connectivity index (χ2v) is 5.27. The lowest BCUT2D eigenvalue weighted by molar-refractivity contribution is 0.0987. The molecule has 0 heterocycles. The number of aliphatic hydroxyl groups excluding tert-OH is 1. The van der Waals surface area contributed by atoms with Crippen LogP contribution in [0.4, 0.5) is 5.69 Å². The van der Waals surface area contributed by atoms with Crippen molar-refractivity contribution in [1.82, 2.24) is 0 Å². The molecule has 1 unspecified atom stereocenters. The van der Waals surface area contributed by atoms with Crippen LogP contribution in [0, 0.1) is 0 Å². The summed E-state index contributed by atoms with van der Waals surface area (Å²) in [7, 11) is 1.89. The topological polar surface area (TPSA) is 40.5 Å². The zero-order chi connectivity index (χ0) is 15.2. The minimum Gasteiger partial charge on any atom is -0.395 e. The molecule has 0 aliphatic rings. The highest BCUT2D eigenvalue weighted by atomic mass is 35.5. The van der Waals surface area contributed by atoms with Gasteiger partial charge in [-0.15, -0.1) is 11.6 Å². The zero-order valence-corrected chi connectivity index (χ0v) is 12.6. The van der Waals surface area contributed by atoms with Gasteiger partial charge in [-0.2, -0.15) is 0 Å². The van der Waals surface area contributed by atoms with Gasteiger partial charge in [0.15, 0.2) is 5.78 Å². The first-order valence-corrected chi connectivity index (χ1v) is 7.22. The molecule has 0 aromatic heterocycles. The highest BCUT2D eigenvalue weighted by Crippen LogP contribution is 2.25. The highest BCUT2D eigenvalue weighted by Gasteiger charge is 2.19. The predicted octanol–water partition coefficient (Wildman–Crippen LogP) is 3.28. The zero-order valence-electron chi connectivity index (χ0n) is 11.9. The van der Waals surface area contributed by atoms with Crippen LogP contribution in [0.1, 0.15) is 21.3 Å². The third kappa shape index (κ3) is 3.84. The van der Waals surface area contributed by atoms with E-state index >= 15 is 0 Å². The number of hydrogen-bond donors (Lipinski definition) is 1. The Hall–Kier alpha value is -1.84. The van der Waals surface area contributed by atoms with Crippen molar-refractivity contribution in [3.63, 3.8) is 0 Å². The maximum Gasteiger partial charge on any atom is 0.185 e.